The highest BCUT2D eigenvalue weighted by molar-refractivity contribution is 6.34. The second-order valence-corrected chi connectivity index (χ2v) is 4.67. The Morgan fingerprint density at radius 1 is 1.37 bits per heavy atom. The Morgan fingerprint density at radius 2 is 2.05 bits per heavy atom. The third kappa shape index (κ3) is 4.89. The van der Waals surface area contributed by atoms with Crippen molar-refractivity contribution in [3.05, 3.63) is 23.2 Å². The second kappa shape index (κ2) is 7.11. The van der Waals surface area contributed by atoms with Gasteiger partial charge in [0.2, 0.25) is 11.8 Å². The molecule has 0 heterocycles. The van der Waals surface area contributed by atoms with Crippen LogP contribution in [0.25, 0.3) is 0 Å². The maximum Gasteiger partial charge on any atom is 0.241 e. The van der Waals surface area contributed by atoms with Crippen LogP contribution in [0.1, 0.15) is 26.7 Å². The van der Waals surface area contributed by atoms with E-state index in [0.717, 1.165) is 6.42 Å². The van der Waals surface area contributed by atoms with Crippen LogP contribution in [-0.2, 0) is 9.59 Å². The maximum atomic E-state index is 11.7. The van der Waals surface area contributed by atoms with E-state index in [-0.39, 0.29) is 11.8 Å². The first-order valence-electron chi connectivity index (χ1n) is 6.07. The van der Waals surface area contributed by atoms with Crippen molar-refractivity contribution >= 4 is 34.8 Å². The number of anilines is 2. The molecule has 0 saturated carbocycles. The molecule has 1 atom stereocenters. The summed E-state index contributed by atoms with van der Waals surface area (Å²) >= 11 is 6.00. The minimum Gasteiger partial charge on any atom is -0.325 e. The van der Waals surface area contributed by atoms with Crippen molar-refractivity contribution in [3.63, 3.8) is 0 Å². The lowest BCUT2D eigenvalue weighted by Crippen LogP contribution is -2.35. The third-order valence-corrected chi connectivity index (χ3v) is 2.80. The van der Waals surface area contributed by atoms with E-state index >= 15 is 0 Å². The van der Waals surface area contributed by atoms with Crippen LogP contribution in [0.15, 0.2) is 18.2 Å². The first-order valence-corrected chi connectivity index (χ1v) is 6.45. The van der Waals surface area contributed by atoms with Gasteiger partial charge in [0.15, 0.2) is 0 Å². The van der Waals surface area contributed by atoms with Gasteiger partial charge in [-0.15, -0.1) is 0 Å². The topological polar surface area (TPSA) is 84.2 Å². The molecule has 0 aliphatic rings. The number of benzene rings is 1. The summed E-state index contributed by atoms with van der Waals surface area (Å²) in [5.41, 5.74) is 6.76. The Morgan fingerprint density at radius 3 is 2.58 bits per heavy atom. The number of hydrogen-bond acceptors (Lipinski definition) is 3. The highest BCUT2D eigenvalue weighted by Crippen LogP contribution is 2.25. The van der Waals surface area contributed by atoms with Gasteiger partial charge >= 0.3 is 0 Å². The molecule has 0 fully saturated rings. The summed E-state index contributed by atoms with van der Waals surface area (Å²) in [4.78, 5) is 22.7. The maximum absolute atomic E-state index is 11.7. The van der Waals surface area contributed by atoms with E-state index in [2.05, 4.69) is 10.6 Å². The number of nitrogens with two attached hydrogens (primary N) is 1. The molecule has 6 heteroatoms. The molecule has 1 rings (SSSR count). The van der Waals surface area contributed by atoms with E-state index in [1.54, 1.807) is 18.2 Å². The van der Waals surface area contributed by atoms with Gasteiger partial charge in [0.05, 0.1) is 16.8 Å². The van der Waals surface area contributed by atoms with E-state index in [4.69, 9.17) is 17.3 Å². The molecule has 19 heavy (non-hydrogen) atoms. The molecule has 1 unspecified atom stereocenters. The van der Waals surface area contributed by atoms with Crippen LogP contribution in [0.2, 0.25) is 5.02 Å². The standard InChI is InChI=1S/C13H18ClN3O2/c1-3-4-11(15)13(19)17-9-5-6-12(10(14)7-9)16-8(2)18/h5-7,11H,3-4,15H2,1-2H3,(H,16,18)(H,17,19). The fraction of sp³-hybridized carbons (Fsp3) is 0.385. The van der Waals surface area contributed by atoms with Crippen molar-refractivity contribution in [1.82, 2.24) is 0 Å². The van der Waals surface area contributed by atoms with Crippen LogP contribution in [0, 0.1) is 0 Å². The lowest BCUT2D eigenvalue weighted by Gasteiger charge is -2.12. The minimum absolute atomic E-state index is 0.205. The largest absolute Gasteiger partial charge is 0.325 e. The molecular weight excluding hydrogens is 266 g/mol. The van der Waals surface area contributed by atoms with Crippen molar-refractivity contribution in [3.8, 4) is 0 Å². The van der Waals surface area contributed by atoms with E-state index in [9.17, 15) is 9.59 Å². The lowest BCUT2D eigenvalue weighted by molar-refractivity contribution is -0.117. The molecule has 5 nitrogen and oxygen atoms in total. The van der Waals surface area contributed by atoms with E-state index in [1.807, 2.05) is 6.92 Å². The molecule has 0 spiro atoms. The summed E-state index contributed by atoms with van der Waals surface area (Å²) in [7, 11) is 0. The van der Waals surface area contributed by atoms with Crippen molar-refractivity contribution in [1.29, 1.82) is 0 Å². The number of hydrogen-bond donors (Lipinski definition) is 3. The summed E-state index contributed by atoms with van der Waals surface area (Å²) in [5.74, 6) is -0.450. The second-order valence-electron chi connectivity index (χ2n) is 4.26. The van der Waals surface area contributed by atoms with Gasteiger partial charge in [-0.1, -0.05) is 24.9 Å². The molecule has 0 aromatic heterocycles. The Labute approximate surface area is 117 Å². The average Bonchev–Trinajstić information content (AvgIpc) is 2.32. The predicted molar refractivity (Wildman–Crippen MR) is 77.3 cm³/mol. The third-order valence-electron chi connectivity index (χ3n) is 2.48. The fourth-order valence-electron chi connectivity index (χ4n) is 1.56. The summed E-state index contributed by atoms with van der Waals surface area (Å²) in [5, 5.41) is 5.63. The Balaban J connectivity index is 2.73. The van der Waals surface area contributed by atoms with Crippen molar-refractivity contribution < 1.29 is 9.59 Å². The van der Waals surface area contributed by atoms with Gasteiger partial charge in [0, 0.05) is 12.6 Å². The first kappa shape index (κ1) is 15.5. The van der Waals surface area contributed by atoms with Crippen LogP contribution >= 0.6 is 11.6 Å². The van der Waals surface area contributed by atoms with Crippen molar-refractivity contribution in [2.24, 2.45) is 5.73 Å². The van der Waals surface area contributed by atoms with Gasteiger partial charge in [-0.2, -0.15) is 0 Å². The van der Waals surface area contributed by atoms with Gasteiger partial charge in [-0.25, -0.2) is 0 Å². The number of amides is 2. The first-order chi connectivity index (χ1) is 8.93. The summed E-state index contributed by atoms with van der Waals surface area (Å²) in [6, 6.07) is 4.33. The predicted octanol–water partition coefficient (Wildman–Crippen LogP) is 2.36. The van der Waals surface area contributed by atoms with Crippen LogP contribution < -0.4 is 16.4 Å². The van der Waals surface area contributed by atoms with Crippen LogP contribution in [-0.4, -0.2) is 17.9 Å². The molecule has 0 aliphatic carbocycles. The van der Waals surface area contributed by atoms with E-state index < -0.39 is 6.04 Å². The molecule has 0 bridgehead atoms. The van der Waals surface area contributed by atoms with Gasteiger partial charge in [-0.05, 0) is 24.6 Å². The zero-order valence-corrected chi connectivity index (χ0v) is 11.8. The molecular formula is C13H18ClN3O2. The van der Waals surface area contributed by atoms with Crippen molar-refractivity contribution in [2.45, 2.75) is 32.7 Å². The molecule has 1 aromatic rings. The lowest BCUT2D eigenvalue weighted by atomic mass is 10.1. The molecule has 2 amide bonds. The van der Waals surface area contributed by atoms with Crippen molar-refractivity contribution in [2.75, 3.05) is 10.6 Å². The smallest absolute Gasteiger partial charge is 0.241 e. The van der Waals surface area contributed by atoms with Gasteiger partial charge in [-0.3, -0.25) is 9.59 Å². The Kier molecular flexibility index (Phi) is 5.79. The average molecular weight is 284 g/mol. The number of halogens is 1. The van der Waals surface area contributed by atoms with E-state index in [1.165, 1.54) is 6.92 Å². The number of carbonyl (C=O) groups is 2. The van der Waals surface area contributed by atoms with Gasteiger partial charge in [0.1, 0.15) is 0 Å². The van der Waals surface area contributed by atoms with Gasteiger partial charge in [0.25, 0.3) is 0 Å². The van der Waals surface area contributed by atoms with Gasteiger partial charge < -0.3 is 16.4 Å². The quantitative estimate of drug-likeness (QED) is 0.775. The molecule has 4 N–H and O–H groups in total. The molecule has 104 valence electrons. The zero-order chi connectivity index (χ0) is 14.4. The fourth-order valence-corrected chi connectivity index (χ4v) is 1.79. The van der Waals surface area contributed by atoms with E-state index in [0.29, 0.717) is 22.8 Å². The number of carbonyl (C=O) groups excluding carboxylic acids is 2. The molecule has 0 aliphatic heterocycles. The summed E-state index contributed by atoms with van der Waals surface area (Å²) in [6.07, 6.45) is 1.47. The number of nitrogens with one attached hydrogen (secondary N) is 2. The summed E-state index contributed by atoms with van der Waals surface area (Å²) in [6.45, 7) is 3.36. The Hall–Kier alpha value is -1.59. The molecule has 0 saturated heterocycles. The highest BCUT2D eigenvalue weighted by Gasteiger charge is 2.13. The number of rotatable bonds is 5. The van der Waals surface area contributed by atoms with Crippen LogP contribution in [0.3, 0.4) is 0 Å². The normalized spacial score (nSPS) is 11.8. The molecule has 0 radical (unpaired) electrons. The SMILES string of the molecule is CCCC(N)C(=O)Nc1ccc(NC(C)=O)c(Cl)c1. The monoisotopic (exact) mass is 283 g/mol. The molecule has 1 aromatic carbocycles. The minimum atomic E-state index is -0.529. The zero-order valence-electron chi connectivity index (χ0n) is 11.0. The Bertz CT molecular complexity index is 477. The summed E-state index contributed by atoms with van der Waals surface area (Å²) < 4.78 is 0. The highest BCUT2D eigenvalue weighted by atomic mass is 35.5. The van der Waals surface area contributed by atoms with Crippen LogP contribution in [0.5, 0.6) is 0 Å². The van der Waals surface area contributed by atoms with Crippen LogP contribution in [0.4, 0.5) is 11.4 Å².